The maximum Gasteiger partial charge on any atom is 0.252 e. The average molecular weight is 302 g/mol. The molecule has 0 N–H and O–H groups in total. The summed E-state index contributed by atoms with van der Waals surface area (Å²) in [6.07, 6.45) is 3.70. The number of rotatable bonds is 2. The largest absolute Gasteiger partial charge is 0.368 e. The molecular formula is C16H18N2O2S. The molecule has 2 aliphatic heterocycles. The molecule has 2 aliphatic rings. The third-order valence-electron chi connectivity index (χ3n) is 4.34. The predicted molar refractivity (Wildman–Crippen MR) is 82.3 cm³/mol. The van der Waals surface area contributed by atoms with Crippen LogP contribution in [0.2, 0.25) is 0 Å². The zero-order chi connectivity index (χ0) is 14.2. The van der Waals surface area contributed by atoms with E-state index in [2.05, 4.69) is 6.07 Å². The molecule has 0 bridgehead atoms. The van der Waals surface area contributed by atoms with Crippen LogP contribution in [0.15, 0.2) is 24.3 Å². The molecule has 0 unspecified atom stereocenters. The maximum absolute atomic E-state index is 12.6. The number of amides is 1. The Bertz CT molecular complexity index is 630. The molecule has 0 saturated carbocycles. The van der Waals surface area contributed by atoms with E-state index in [1.807, 2.05) is 23.1 Å². The van der Waals surface area contributed by atoms with Crippen molar-refractivity contribution in [3.63, 3.8) is 0 Å². The van der Waals surface area contributed by atoms with Crippen LogP contribution in [0.5, 0.6) is 0 Å². The van der Waals surface area contributed by atoms with E-state index in [0.29, 0.717) is 0 Å². The summed E-state index contributed by atoms with van der Waals surface area (Å²) >= 11 is 1.71. The fourth-order valence-electron chi connectivity index (χ4n) is 3.28. The number of fused-ring (bicyclic) bond motifs is 1. The van der Waals surface area contributed by atoms with Gasteiger partial charge in [0.15, 0.2) is 0 Å². The Balaban J connectivity index is 1.62. The maximum atomic E-state index is 12.6. The highest BCUT2D eigenvalue weighted by Crippen LogP contribution is 2.37. The van der Waals surface area contributed by atoms with Gasteiger partial charge < -0.3 is 9.64 Å². The lowest BCUT2D eigenvalue weighted by atomic mass is 10.2. The van der Waals surface area contributed by atoms with Gasteiger partial charge >= 0.3 is 0 Å². The summed E-state index contributed by atoms with van der Waals surface area (Å²) in [4.78, 5) is 19.4. The molecule has 5 heteroatoms. The van der Waals surface area contributed by atoms with Crippen LogP contribution < -0.4 is 0 Å². The van der Waals surface area contributed by atoms with E-state index < -0.39 is 0 Å². The number of nitrogens with zero attached hydrogens (tertiary/aromatic N) is 2. The van der Waals surface area contributed by atoms with Gasteiger partial charge in [-0.1, -0.05) is 12.1 Å². The summed E-state index contributed by atoms with van der Waals surface area (Å²) in [7, 11) is 0. The van der Waals surface area contributed by atoms with E-state index in [-0.39, 0.29) is 18.1 Å². The second-order valence-corrected chi connectivity index (χ2v) is 6.77. The van der Waals surface area contributed by atoms with Gasteiger partial charge in [-0.2, -0.15) is 0 Å². The van der Waals surface area contributed by atoms with Crippen molar-refractivity contribution in [3.8, 4) is 0 Å². The van der Waals surface area contributed by atoms with Crippen molar-refractivity contribution in [1.29, 1.82) is 0 Å². The summed E-state index contributed by atoms with van der Waals surface area (Å²) in [5.41, 5.74) is 1.04. The average Bonchev–Trinajstić information content (AvgIpc) is 3.24. The first-order valence-corrected chi connectivity index (χ1v) is 8.42. The Hall–Kier alpha value is -1.46. The number of aromatic nitrogens is 1. The van der Waals surface area contributed by atoms with Crippen molar-refractivity contribution in [2.45, 2.75) is 37.8 Å². The first-order chi connectivity index (χ1) is 10.3. The Morgan fingerprint density at radius 1 is 1.29 bits per heavy atom. The number of hydrogen-bond donors (Lipinski definition) is 0. The first-order valence-electron chi connectivity index (χ1n) is 7.60. The van der Waals surface area contributed by atoms with Crippen LogP contribution in [0.25, 0.3) is 10.2 Å². The molecule has 2 atom stereocenters. The highest BCUT2D eigenvalue weighted by atomic mass is 32.1. The molecule has 2 fully saturated rings. The van der Waals surface area contributed by atoms with Gasteiger partial charge in [0.2, 0.25) is 0 Å². The predicted octanol–water partition coefficient (Wildman–Crippen LogP) is 3.14. The molecule has 0 aliphatic carbocycles. The number of thiazole rings is 1. The minimum absolute atomic E-state index is 0.138. The van der Waals surface area contributed by atoms with Gasteiger partial charge in [0.25, 0.3) is 5.91 Å². The number of carbonyl (C=O) groups is 1. The standard InChI is InChI=1S/C16H18N2O2S/c19-16(13-7-4-10-20-13)18-9-3-6-12(18)15-17-11-5-1-2-8-14(11)21-15/h1-2,5,8,12-13H,3-4,6-7,9-10H2/t12-,13+/m0/s1. The smallest absolute Gasteiger partial charge is 0.252 e. The molecule has 4 nitrogen and oxygen atoms in total. The van der Waals surface area contributed by atoms with Crippen LogP contribution >= 0.6 is 11.3 Å². The Kier molecular flexibility index (Phi) is 3.39. The summed E-state index contributed by atoms with van der Waals surface area (Å²) in [5, 5.41) is 1.07. The second-order valence-electron chi connectivity index (χ2n) is 5.71. The second kappa shape index (κ2) is 5.39. The van der Waals surface area contributed by atoms with E-state index in [4.69, 9.17) is 9.72 Å². The van der Waals surface area contributed by atoms with Crippen molar-refractivity contribution >= 4 is 27.5 Å². The zero-order valence-corrected chi connectivity index (χ0v) is 12.6. The Morgan fingerprint density at radius 2 is 2.19 bits per heavy atom. The van der Waals surface area contributed by atoms with Gasteiger partial charge in [-0.05, 0) is 37.8 Å². The molecule has 1 amide bonds. The molecule has 3 heterocycles. The van der Waals surface area contributed by atoms with Crippen LogP contribution in [0.3, 0.4) is 0 Å². The lowest BCUT2D eigenvalue weighted by Crippen LogP contribution is -2.38. The highest BCUT2D eigenvalue weighted by molar-refractivity contribution is 7.18. The fraction of sp³-hybridized carbons (Fsp3) is 0.500. The number of hydrogen-bond acceptors (Lipinski definition) is 4. The Morgan fingerprint density at radius 3 is 3.00 bits per heavy atom. The lowest BCUT2D eigenvalue weighted by molar-refractivity contribution is -0.141. The summed E-state index contributed by atoms with van der Waals surface area (Å²) in [6.45, 7) is 1.55. The quantitative estimate of drug-likeness (QED) is 0.856. The molecule has 4 rings (SSSR count). The van der Waals surface area contributed by atoms with Crippen LogP contribution in [-0.4, -0.2) is 35.0 Å². The van der Waals surface area contributed by atoms with Crippen LogP contribution in [-0.2, 0) is 9.53 Å². The third-order valence-corrected chi connectivity index (χ3v) is 5.47. The lowest BCUT2D eigenvalue weighted by Gasteiger charge is -2.25. The summed E-state index contributed by atoms with van der Waals surface area (Å²) < 4.78 is 6.76. The van der Waals surface area contributed by atoms with E-state index in [0.717, 1.165) is 49.4 Å². The number of benzene rings is 1. The van der Waals surface area contributed by atoms with Gasteiger partial charge in [-0.3, -0.25) is 4.79 Å². The van der Waals surface area contributed by atoms with E-state index in [9.17, 15) is 4.79 Å². The molecule has 1 aromatic carbocycles. The van der Waals surface area contributed by atoms with Gasteiger partial charge in [0, 0.05) is 13.2 Å². The molecule has 110 valence electrons. The van der Waals surface area contributed by atoms with Gasteiger partial charge in [-0.25, -0.2) is 4.98 Å². The van der Waals surface area contributed by atoms with Gasteiger partial charge in [0.1, 0.15) is 11.1 Å². The number of ether oxygens (including phenoxy) is 1. The normalized spacial score (nSPS) is 25.8. The van der Waals surface area contributed by atoms with Gasteiger partial charge in [0.05, 0.1) is 16.3 Å². The minimum Gasteiger partial charge on any atom is -0.368 e. The molecule has 0 radical (unpaired) electrons. The highest BCUT2D eigenvalue weighted by Gasteiger charge is 2.37. The molecule has 21 heavy (non-hydrogen) atoms. The van der Waals surface area contributed by atoms with Crippen molar-refractivity contribution in [2.75, 3.05) is 13.2 Å². The molecule has 2 saturated heterocycles. The molecule has 2 aromatic rings. The van der Waals surface area contributed by atoms with Crippen molar-refractivity contribution in [1.82, 2.24) is 9.88 Å². The van der Waals surface area contributed by atoms with Gasteiger partial charge in [-0.15, -0.1) is 11.3 Å². The monoisotopic (exact) mass is 302 g/mol. The number of para-hydroxylation sites is 1. The Labute approximate surface area is 127 Å². The summed E-state index contributed by atoms with van der Waals surface area (Å²) in [5.74, 6) is 0.161. The topological polar surface area (TPSA) is 42.4 Å². The number of likely N-dealkylation sites (tertiary alicyclic amines) is 1. The molecule has 1 aromatic heterocycles. The van der Waals surface area contributed by atoms with E-state index in [1.165, 1.54) is 4.70 Å². The van der Waals surface area contributed by atoms with Crippen LogP contribution in [0.4, 0.5) is 0 Å². The van der Waals surface area contributed by atoms with E-state index in [1.54, 1.807) is 11.3 Å². The summed E-state index contributed by atoms with van der Waals surface area (Å²) in [6, 6.07) is 8.32. The van der Waals surface area contributed by atoms with E-state index >= 15 is 0 Å². The molecular weight excluding hydrogens is 284 g/mol. The van der Waals surface area contributed by atoms with Crippen LogP contribution in [0, 0.1) is 0 Å². The SMILES string of the molecule is O=C([C@H]1CCCO1)N1CCC[C@H]1c1nc2ccccc2s1. The van der Waals surface area contributed by atoms with Crippen molar-refractivity contribution in [2.24, 2.45) is 0 Å². The minimum atomic E-state index is -0.222. The van der Waals surface area contributed by atoms with Crippen LogP contribution in [0.1, 0.15) is 36.7 Å². The fourth-order valence-corrected chi connectivity index (χ4v) is 4.39. The first kappa shape index (κ1) is 13.2. The third kappa shape index (κ3) is 2.34. The molecule has 0 spiro atoms. The number of carbonyl (C=O) groups excluding carboxylic acids is 1. The van der Waals surface area contributed by atoms with Crippen molar-refractivity contribution < 1.29 is 9.53 Å². The zero-order valence-electron chi connectivity index (χ0n) is 11.8. The van der Waals surface area contributed by atoms with Crippen molar-refractivity contribution in [3.05, 3.63) is 29.3 Å².